The number of nitrogens with two attached hydrogens (primary N) is 1. The molecule has 1 aromatic heterocycles. The van der Waals surface area contributed by atoms with Gasteiger partial charge in [-0.25, -0.2) is 0 Å². The second-order valence-corrected chi connectivity index (χ2v) is 3.22. The Morgan fingerprint density at radius 1 is 0.938 bits per heavy atom. The number of benzene rings is 1. The van der Waals surface area contributed by atoms with E-state index < -0.39 is 5.91 Å². The molecule has 0 atom stereocenters. The van der Waals surface area contributed by atoms with Crippen molar-refractivity contribution in [2.24, 2.45) is 5.73 Å². The largest absolute Gasteiger partial charge is 0.447 e. The summed E-state index contributed by atoms with van der Waals surface area (Å²) in [6.07, 6.45) is 0. The minimum atomic E-state index is -0.688. The number of carbonyl (C=O) groups excluding carboxylic acids is 2. The van der Waals surface area contributed by atoms with Gasteiger partial charge in [0.25, 0.3) is 5.91 Å². The maximum atomic E-state index is 11.8. The fourth-order valence-corrected chi connectivity index (χ4v) is 1.32. The molecule has 0 aliphatic heterocycles. The summed E-state index contributed by atoms with van der Waals surface area (Å²) in [6, 6.07) is 11.5. The standard InChI is InChI=1S/C12H9NO3/c13-12(15)10-7-6-9(16-10)11(14)8-4-2-1-3-5-8/h1-7H,(H2,13,15). The Labute approximate surface area is 91.7 Å². The first-order chi connectivity index (χ1) is 7.68. The first kappa shape index (κ1) is 10.2. The molecule has 80 valence electrons. The number of rotatable bonds is 3. The molecule has 0 bridgehead atoms. The Kier molecular flexibility index (Phi) is 2.55. The van der Waals surface area contributed by atoms with Crippen LogP contribution in [0.3, 0.4) is 0 Å². The van der Waals surface area contributed by atoms with Crippen LogP contribution in [0.1, 0.15) is 26.7 Å². The highest BCUT2D eigenvalue weighted by Gasteiger charge is 2.14. The van der Waals surface area contributed by atoms with Crippen LogP contribution in [0.15, 0.2) is 46.9 Å². The van der Waals surface area contributed by atoms with Crippen LogP contribution in [0.5, 0.6) is 0 Å². The Balaban J connectivity index is 2.31. The van der Waals surface area contributed by atoms with E-state index in [1.54, 1.807) is 24.3 Å². The van der Waals surface area contributed by atoms with E-state index in [1.165, 1.54) is 12.1 Å². The second kappa shape index (κ2) is 4.02. The normalized spacial score (nSPS) is 10.0. The van der Waals surface area contributed by atoms with Gasteiger partial charge in [0.15, 0.2) is 11.5 Å². The maximum absolute atomic E-state index is 11.8. The van der Waals surface area contributed by atoms with E-state index in [2.05, 4.69) is 0 Å². The Morgan fingerprint density at radius 3 is 2.12 bits per heavy atom. The van der Waals surface area contributed by atoms with Gasteiger partial charge in [0, 0.05) is 5.56 Å². The number of carbonyl (C=O) groups is 2. The smallest absolute Gasteiger partial charge is 0.284 e. The van der Waals surface area contributed by atoms with Crippen LogP contribution in [-0.2, 0) is 0 Å². The van der Waals surface area contributed by atoms with E-state index >= 15 is 0 Å². The van der Waals surface area contributed by atoms with Crippen molar-refractivity contribution in [1.82, 2.24) is 0 Å². The van der Waals surface area contributed by atoms with Crippen molar-refractivity contribution in [2.45, 2.75) is 0 Å². The molecule has 2 rings (SSSR count). The Hall–Kier alpha value is -2.36. The lowest BCUT2D eigenvalue weighted by atomic mass is 10.1. The van der Waals surface area contributed by atoms with E-state index in [0.29, 0.717) is 5.56 Å². The average molecular weight is 215 g/mol. The number of ketones is 1. The predicted octanol–water partition coefficient (Wildman–Crippen LogP) is 1.61. The lowest BCUT2D eigenvalue weighted by Crippen LogP contribution is -2.09. The molecule has 0 aliphatic carbocycles. The van der Waals surface area contributed by atoms with Gasteiger partial charge in [0.2, 0.25) is 5.78 Å². The molecule has 0 aliphatic rings. The zero-order valence-electron chi connectivity index (χ0n) is 8.34. The molecule has 1 aromatic carbocycles. The summed E-state index contributed by atoms with van der Waals surface area (Å²) < 4.78 is 5.04. The van der Waals surface area contributed by atoms with Crippen molar-refractivity contribution in [3.05, 3.63) is 59.5 Å². The highest BCUT2D eigenvalue weighted by molar-refractivity contribution is 6.07. The van der Waals surface area contributed by atoms with Crippen molar-refractivity contribution in [2.75, 3.05) is 0 Å². The van der Waals surface area contributed by atoms with Crippen molar-refractivity contribution >= 4 is 11.7 Å². The van der Waals surface area contributed by atoms with Gasteiger partial charge in [-0.2, -0.15) is 0 Å². The van der Waals surface area contributed by atoms with Gasteiger partial charge in [-0.3, -0.25) is 9.59 Å². The number of amides is 1. The summed E-state index contributed by atoms with van der Waals surface area (Å²) in [5.74, 6) is -0.862. The summed E-state index contributed by atoms with van der Waals surface area (Å²) in [6.45, 7) is 0. The molecular weight excluding hydrogens is 206 g/mol. The molecule has 0 saturated heterocycles. The third kappa shape index (κ3) is 1.86. The summed E-state index contributed by atoms with van der Waals surface area (Å²) in [7, 11) is 0. The highest BCUT2D eigenvalue weighted by atomic mass is 16.4. The fourth-order valence-electron chi connectivity index (χ4n) is 1.32. The number of hydrogen-bond donors (Lipinski definition) is 1. The van der Waals surface area contributed by atoms with Gasteiger partial charge in [-0.15, -0.1) is 0 Å². The monoisotopic (exact) mass is 215 g/mol. The van der Waals surface area contributed by atoms with Gasteiger partial charge in [-0.1, -0.05) is 30.3 Å². The molecule has 0 spiro atoms. The van der Waals surface area contributed by atoms with E-state index in [1.807, 2.05) is 6.07 Å². The van der Waals surface area contributed by atoms with Crippen LogP contribution in [-0.4, -0.2) is 11.7 Å². The zero-order chi connectivity index (χ0) is 11.5. The van der Waals surface area contributed by atoms with Crippen LogP contribution < -0.4 is 5.73 Å². The summed E-state index contributed by atoms with van der Waals surface area (Å²) >= 11 is 0. The topological polar surface area (TPSA) is 73.3 Å². The van der Waals surface area contributed by atoms with Crippen molar-refractivity contribution < 1.29 is 14.0 Å². The van der Waals surface area contributed by atoms with Crippen LogP contribution in [0.2, 0.25) is 0 Å². The van der Waals surface area contributed by atoms with Crippen LogP contribution in [0.25, 0.3) is 0 Å². The van der Waals surface area contributed by atoms with Crippen LogP contribution in [0, 0.1) is 0 Å². The van der Waals surface area contributed by atoms with Crippen molar-refractivity contribution in [3.63, 3.8) is 0 Å². The van der Waals surface area contributed by atoms with Gasteiger partial charge < -0.3 is 10.2 Å². The molecule has 0 saturated carbocycles. The van der Waals surface area contributed by atoms with E-state index in [9.17, 15) is 9.59 Å². The SMILES string of the molecule is NC(=O)c1ccc(C(=O)c2ccccc2)o1. The van der Waals surface area contributed by atoms with Gasteiger partial charge in [0.1, 0.15) is 0 Å². The van der Waals surface area contributed by atoms with E-state index in [-0.39, 0.29) is 17.3 Å². The van der Waals surface area contributed by atoms with Crippen LogP contribution >= 0.6 is 0 Å². The lowest BCUT2D eigenvalue weighted by molar-refractivity contribution is 0.0963. The van der Waals surface area contributed by atoms with Crippen molar-refractivity contribution in [1.29, 1.82) is 0 Å². The molecule has 0 fully saturated rings. The first-order valence-corrected chi connectivity index (χ1v) is 4.68. The number of furan rings is 1. The summed E-state index contributed by atoms with van der Waals surface area (Å²) in [5.41, 5.74) is 5.53. The first-order valence-electron chi connectivity index (χ1n) is 4.68. The van der Waals surface area contributed by atoms with Crippen molar-refractivity contribution in [3.8, 4) is 0 Å². The third-order valence-electron chi connectivity index (χ3n) is 2.11. The molecule has 1 amide bonds. The lowest BCUT2D eigenvalue weighted by Gasteiger charge is -1.96. The second-order valence-electron chi connectivity index (χ2n) is 3.22. The molecule has 0 radical (unpaired) electrons. The summed E-state index contributed by atoms with van der Waals surface area (Å²) in [5, 5.41) is 0. The minimum Gasteiger partial charge on any atom is -0.447 e. The molecule has 0 unspecified atom stereocenters. The van der Waals surface area contributed by atoms with E-state index in [0.717, 1.165) is 0 Å². The average Bonchev–Trinajstić information content (AvgIpc) is 2.78. The van der Waals surface area contributed by atoms with Gasteiger partial charge in [-0.05, 0) is 12.1 Å². The minimum absolute atomic E-state index is 0.0146. The molecule has 16 heavy (non-hydrogen) atoms. The highest BCUT2D eigenvalue weighted by Crippen LogP contribution is 2.12. The third-order valence-corrected chi connectivity index (χ3v) is 2.11. The maximum Gasteiger partial charge on any atom is 0.284 e. The predicted molar refractivity (Wildman–Crippen MR) is 57.1 cm³/mol. The van der Waals surface area contributed by atoms with E-state index in [4.69, 9.17) is 10.2 Å². The molecule has 2 aromatic rings. The number of primary amides is 1. The molecule has 2 N–H and O–H groups in total. The Bertz CT molecular complexity index is 528. The van der Waals surface area contributed by atoms with Crippen LogP contribution in [0.4, 0.5) is 0 Å². The molecular formula is C12H9NO3. The molecule has 4 nitrogen and oxygen atoms in total. The fraction of sp³-hybridized carbons (Fsp3) is 0. The molecule has 1 heterocycles. The Morgan fingerprint density at radius 2 is 1.56 bits per heavy atom. The molecule has 4 heteroatoms. The van der Waals surface area contributed by atoms with Gasteiger partial charge >= 0.3 is 0 Å². The summed E-state index contributed by atoms with van der Waals surface area (Å²) in [4.78, 5) is 22.6. The quantitative estimate of drug-likeness (QED) is 0.790. The number of hydrogen-bond acceptors (Lipinski definition) is 3. The van der Waals surface area contributed by atoms with Gasteiger partial charge in [0.05, 0.1) is 0 Å². The zero-order valence-corrected chi connectivity index (χ0v) is 8.34.